The fourth-order valence-corrected chi connectivity index (χ4v) is 1.63. The number of phenols is 1. The van der Waals surface area contributed by atoms with Gasteiger partial charge in [0.2, 0.25) is 0 Å². The van der Waals surface area contributed by atoms with Gasteiger partial charge >= 0.3 is 0 Å². The summed E-state index contributed by atoms with van der Waals surface area (Å²) in [6.07, 6.45) is 0. The Morgan fingerprint density at radius 2 is 1.95 bits per heavy atom. The van der Waals surface area contributed by atoms with E-state index in [9.17, 15) is 18.7 Å². The summed E-state index contributed by atoms with van der Waals surface area (Å²) in [5, 5.41) is 12.0. The van der Waals surface area contributed by atoms with E-state index in [0.29, 0.717) is 5.56 Å². The quantitative estimate of drug-likeness (QED) is 0.873. The molecule has 0 radical (unpaired) electrons. The Morgan fingerprint density at radius 1 is 1.21 bits per heavy atom. The van der Waals surface area contributed by atoms with E-state index in [4.69, 9.17) is 0 Å². The van der Waals surface area contributed by atoms with Gasteiger partial charge in [-0.15, -0.1) is 0 Å². The van der Waals surface area contributed by atoms with E-state index < -0.39 is 17.5 Å². The third-order valence-electron chi connectivity index (χ3n) is 2.66. The van der Waals surface area contributed by atoms with Crippen LogP contribution in [0, 0.1) is 18.6 Å². The number of para-hydroxylation sites is 1. The summed E-state index contributed by atoms with van der Waals surface area (Å²) in [5.41, 5.74) is 0.252. The Labute approximate surface area is 108 Å². The van der Waals surface area contributed by atoms with Crippen molar-refractivity contribution >= 4 is 11.6 Å². The van der Waals surface area contributed by atoms with Crippen molar-refractivity contribution in [1.82, 2.24) is 0 Å². The van der Waals surface area contributed by atoms with E-state index in [-0.39, 0.29) is 17.0 Å². The highest BCUT2D eigenvalue weighted by atomic mass is 19.1. The summed E-state index contributed by atoms with van der Waals surface area (Å²) in [6, 6.07) is 7.37. The molecule has 0 aliphatic carbocycles. The number of rotatable bonds is 2. The summed E-state index contributed by atoms with van der Waals surface area (Å²) in [6.45, 7) is 1.63. The molecule has 3 nitrogen and oxygen atoms in total. The first kappa shape index (κ1) is 13.0. The molecule has 0 unspecified atom stereocenters. The van der Waals surface area contributed by atoms with Crippen LogP contribution in [-0.2, 0) is 0 Å². The molecular weight excluding hydrogens is 252 g/mol. The van der Waals surface area contributed by atoms with Crippen molar-refractivity contribution in [2.45, 2.75) is 6.92 Å². The Balaban J connectivity index is 2.31. The molecule has 0 aliphatic heterocycles. The number of phenolic OH excluding ortho intramolecular Hbond substituents is 1. The molecule has 0 saturated carbocycles. The van der Waals surface area contributed by atoms with Crippen LogP contribution < -0.4 is 5.32 Å². The Morgan fingerprint density at radius 3 is 2.68 bits per heavy atom. The second kappa shape index (κ2) is 5.06. The molecule has 5 heteroatoms. The highest BCUT2D eigenvalue weighted by Gasteiger charge is 2.14. The summed E-state index contributed by atoms with van der Waals surface area (Å²) >= 11 is 0. The maximum Gasteiger partial charge on any atom is 0.259 e. The standard InChI is InChI=1S/C14H11F2NO2/c1-8-3-2-4-10(13(8)18)14(19)17-12-7-9(15)5-6-11(12)16/h2-7,18H,1H3,(H,17,19). The van der Waals surface area contributed by atoms with Gasteiger partial charge < -0.3 is 10.4 Å². The van der Waals surface area contributed by atoms with Gasteiger partial charge in [0.15, 0.2) is 0 Å². The number of carbonyl (C=O) groups is 1. The minimum absolute atomic E-state index is 0.00339. The molecule has 2 N–H and O–H groups in total. The van der Waals surface area contributed by atoms with E-state index in [1.54, 1.807) is 19.1 Å². The first-order valence-corrected chi connectivity index (χ1v) is 5.54. The largest absolute Gasteiger partial charge is 0.507 e. The van der Waals surface area contributed by atoms with Crippen LogP contribution in [0.1, 0.15) is 15.9 Å². The van der Waals surface area contributed by atoms with E-state index in [0.717, 1.165) is 18.2 Å². The Kier molecular flexibility index (Phi) is 3.46. The number of amides is 1. The van der Waals surface area contributed by atoms with E-state index in [2.05, 4.69) is 5.32 Å². The fraction of sp³-hybridized carbons (Fsp3) is 0.0714. The molecule has 0 aliphatic rings. The predicted octanol–water partition coefficient (Wildman–Crippen LogP) is 3.23. The van der Waals surface area contributed by atoms with Crippen molar-refractivity contribution in [2.24, 2.45) is 0 Å². The number of aromatic hydroxyl groups is 1. The molecule has 19 heavy (non-hydrogen) atoms. The van der Waals surface area contributed by atoms with Gasteiger partial charge in [0, 0.05) is 6.07 Å². The molecule has 0 atom stereocenters. The van der Waals surface area contributed by atoms with Gasteiger partial charge in [0.05, 0.1) is 11.3 Å². The van der Waals surface area contributed by atoms with Crippen LogP contribution in [0.25, 0.3) is 0 Å². The van der Waals surface area contributed by atoms with Gasteiger partial charge in [0.25, 0.3) is 5.91 Å². The molecule has 1 amide bonds. The predicted molar refractivity (Wildman–Crippen MR) is 67.2 cm³/mol. The second-order valence-electron chi connectivity index (χ2n) is 4.05. The molecule has 0 bridgehead atoms. The molecule has 0 heterocycles. The molecule has 0 saturated heterocycles. The van der Waals surface area contributed by atoms with Crippen molar-refractivity contribution in [2.75, 3.05) is 5.32 Å². The van der Waals surface area contributed by atoms with Crippen molar-refractivity contribution in [1.29, 1.82) is 0 Å². The number of halogens is 2. The van der Waals surface area contributed by atoms with Crippen LogP contribution in [0.3, 0.4) is 0 Å². The summed E-state index contributed by atoms with van der Waals surface area (Å²) in [4.78, 5) is 11.9. The van der Waals surface area contributed by atoms with Crippen molar-refractivity contribution in [3.63, 3.8) is 0 Å². The van der Waals surface area contributed by atoms with Crippen LogP contribution >= 0.6 is 0 Å². The number of aryl methyl sites for hydroxylation is 1. The fourth-order valence-electron chi connectivity index (χ4n) is 1.63. The minimum atomic E-state index is -0.748. The Hall–Kier alpha value is -2.43. The molecule has 2 aromatic rings. The molecule has 0 fully saturated rings. The third kappa shape index (κ3) is 2.70. The van der Waals surface area contributed by atoms with Gasteiger partial charge in [0.1, 0.15) is 17.4 Å². The monoisotopic (exact) mass is 263 g/mol. The first-order valence-electron chi connectivity index (χ1n) is 5.54. The SMILES string of the molecule is Cc1cccc(C(=O)Nc2cc(F)ccc2F)c1O. The second-order valence-corrected chi connectivity index (χ2v) is 4.05. The number of carbonyl (C=O) groups excluding carboxylic acids is 1. The molecule has 0 spiro atoms. The Bertz CT molecular complexity index is 641. The number of hydrogen-bond donors (Lipinski definition) is 2. The van der Waals surface area contributed by atoms with Gasteiger partial charge in [-0.3, -0.25) is 4.79 Å². The van der Waals surface area contributed by atoms with Crippen molar-refractivity contribution in [3.05, 3.63) is 59.2 Å². The van der Waals surface area contributed by atoms with Gasteiger partial charge in [-0.1, -0.05) is 12.1 Å². The van der Waals surface area contributed by atoms with E-state index in [1.807, 2.05) is 0 Å². The number of hydrogen-bond acceptors (Lipinski definition) is 2. The average Bonchev–Trinajstić information content (AvgIpc) is 2.37. The zero-order chi connectivity index (χ0) is 14.0. The highest BCUT2D eigenvalue weighted by Crippen LogP contribution is 2.23. The summed E-state index contributed by atoms with van der Waals surface area (Å²) in [7, 11) is 0. The lowest BCUT2D eigenvalue weighted by Gasteiger charge is -2.09. The third-order valence-corrected chi connectivity index (χ3v) is 2.66. The lowest BCUT2D eigenvalue weighted by molar-refractivity contribution is 0.102. The van der Waals surface area contributed by atoms with Crippen molar-refractivity contribution in [3.8, 4) is 5.75 Å². The molecule has 98 valence electrons. The van der Waals surface area contributed by atoms with Crippen LogP contribution in [0.15, 0.2) is 36.4 Å². The zero-order valence-corrected chi connectivity index (χ0v) is 10.1. The maximum atomic E-state index is 13.4. The lowest BCUT2D eigenvalue weighted by Crippen LogP contribution is -2.13. The number of anilines is 1. The van der Waals surface area contributed by atoms with Gasteiger partial charge in [-0.05, 0) is 30.7 Å². The van der Waals surface area contributed by atoms with Gasteiger partial charge in [-0.25, -0.2) is 8.78 Å². The van der Waals surface area contributed by atoms with Crippen LogP contribution in [-0.4, -0.2) is 11.0 Å². The summed E-state index contributed by atoms with van der Waals surface area (Å²) in [5.74, 6) is -2.30. The van der Waals surface area contributed by atoms with Crippen molar-refractivity contribution < 1.29 is 18.7 Å². The maximum absolute atomic E-state index is 13.4. The first-order chi connectivity index (χ1) is 8.99. The van der Waals surface area contributed by atoms with Crippen LogP contribution in [0.4, 0.5) is 14.5 Å². The molecule has 2 rings (SSSR count). The molecular formula is C14H11F2NO2. The van der Waals surface area contributed by atoms with Crippen LogP contribution in [0.5, 0.6) is 5.75 Å². The highest BCUT2D eigenvalue weighted by molar-refractivity contribution is 6.06. The number of benzene rings is 2. The lowest BCUT2D eigenvalue weighted by atomic mass is 10.1. The number of nitrogens with one attached hydrogen (secondary N) is 1. The molecule has 0 aromatic heterocycles. The van der Waals surface area contributed by atoms with Gasteiger partial charge in [-0.2, -0.15) is 0 Å². The topological polar surface area (TPSA) is 49.3 Å². The van der Waals surface area contributed by atoms with Crippen LogP contribution in [0.2, 0.25) is 0 Å². The summed E-state index contributed by atoms with van der Waals surface area (Å²) < 4.78 is 26.4. The normalized spacial score (nSPS) is 10.3. The average molecular weight is 263 g/mol. The zero-order valence-electron chi connectivity index (χ0n) is 10.1. The van der Waals surface area contributed by atoms with E-state index >= 15 is 0 Å². The van der Waals surface area contributed by atoms with E-state index in [1.165, 1.54) is 6.07 Å². The molecule has 2 aromatic carbocycles. The smallest absolute Gasteiger partial charge is 0.259 e. The minimum Gasteiger partial charge on any atom is -0.507 e.